The monoisotopic (exact) mass is 333 g/mol. The molecule has 5 heteroatoms. The van der Waals surface area contributed by atoms with Crippen molar-refractivity contribution >= 4 is 0 Å². The fraction of sp³-hybridized carbons (Fsp3) is 0.737. The van der Waals surface area contributed by atoms with Gasteiger partial charge in [-0.1, -0.05) is 19.9 Å². The van der Waals surface area contributed by atoms with E-state index in [0.717, 1.165) is 51.4 Å². The van der Waals surface area contributed by atoms with Gasteiger partial charge in [-0.2, -0.15) is 0 Å². The van der Waals surface area contributed by atoms with Crippen molar-refractivity contribution in [1.29, 1.82) is 0 Å². The van der Waals surface area contributed by atoms with E-state index < -0.39 is 0 Å². The molecule has 0 unspecified atom stereocenters. The number of hydrogen-bond acceptors (Lipinski definition) is 5. The molecule has 2 heterocycles. The minimum Gasteiger partial charge on any atom is -0.373 e. The minimum absolute atomic E-state index is 0.202. The van der Waals surface area contributed by atoms with Gasteiger partial charge >= 0.3 is 0 Å². The third-order valence-electron chi connectivity index (χ3n) is 5.42. The molecule has 3 atom stereocenters. The van der Waals surface area contributed by atoms with E-state index in [0.29, 0.717) is 12.6 Å². The molecule has 0 aromatic carbocycles. The lowest BCUT2D eigenvalue weighted by molar-refractivity contribution is -0.117. The maximum Gasteiger partial charge on any atom is 0.0992 e. The Labute approximate surface area is 145 Å². The first-order valence-corrected chi connectivity index (χ1v) is 9.41. The Balaban J connectivity index is 1.51. The Morgan fingerprint density at radius 1 is 1.29 bits per heavy atom. The quantitative estimate of drug-likeness (QED) is 0.729. The second-order valence-electron chi connectivity index (χ2n) is 6.71. The molecule has 1 aliphatic carbocycles. The molecule has 0 amide bonds. The van der Waals surface area contributed by atoms with Gasteiger partial charge in [-0.3, -0.25) is 9.88 Å². The minimum atomic E-state index is 0.202. The van der Waals surface area contributed by atoms with Crippen LogP contribution in [0.2, 0.25) is 0 Å². The van der Waals surface area contributed by atoms with Crippen LogP contribution in [0.5, 0.6) is 0 Å². The van der Waals surface area contributed by atoms with Gasteiger partial charge in [-0.25, -0.2) is 0 Å². The van der Waals surface area contributed by atoms with Gasteiger partial charge in [0.05, 0.1) is 31.1 Å². The zero-order valence-corrected chi connectivity index (χ0v) is 15.1. The van der Waals surface area contributed by atoms with Crippen LogP contribution in [0.4, 0.5) is 0 Å². The summed E-state index contributed by atoms with van der Waals surface area (Å²) in [5.41, 5.74) is 0.996. The molecular weight excluding hydrogens is 302 g/mol. The van der Waals surface area contributed by atoms with Crippen LogP contribution in [-0.2, 0) is 16.1 Å². The Bertz CT molecular complexity index is 481. The first-order valence-electron chi connectivity index (χ1n) is 9.41. The molecule has 1 aliphatic heterocycles. The summed E-state index contributed by atoms with van der Waals surface area (Å²) in [6, 6.07) is 6.48. The van der Waals surface area contributed by atoms with Gasteiger partial charge in [0, 0.05) is 31.9 Å². The molecule has 0 radical (unpaired) electrons. The van der Waals surface area contributed by atoms with Crippen LogP contribution in [0, 0.1) is 0 Å². The molecule has 0 bridgehead atoms. The van der Waals surface area contributed by atoms with Crippen molar-refractivity contribution < 1.29 is 9.47 Å². The first kappa shape index (κ1) is 17.8. The van der Waals surface area contributed by atoms with E-state index >= 15 is 0 Å². The largest absolute Gasteiger partial charge is 0.373 e. The predicted octanol–water partition coefficient (Wildman–Crippen LogP) is 2.17. The molecular formula is C19H31N3O2. The van der Waals surface area contributed by atoms with Crippen molar-refractivity contribution in [3.8, 4) is 0 Å². The van der Waals surface area contributed by atoms with E-state index in [2.05, 4.69) is 28.6 Å². The highest BCUT2D eigenvalue weighted by Gasteiger charge is 2.43. The standard InChI is InChI=1S/C19H31N3O2/c1-3-21(4-2)11-12-22-13-14-23-19-17(22)8-9-18(19)24-15-16-7-5-6-10-20-16/h5-7,10,17-19H,3-4,8-9,11-15H2,1-2H3/t17-,18+,19+/m1/s1. The fourth-order valence-electron chi connectivity index (χ4n) is 3.93. The highest BCUT2D eigenvalue weighted by atomic mass is 16.5. The van der Waals surface area contributed by atoms with E-state index in [1.807, 2.05) is 24.4 Å². The van der Waals surface area contributed by atoms with Gasteiger partial charge in [0.1, 0.15) is 0 Å². The zero-order chi connectivity index (χ0) is 16.8. The van der Waals surface area contributed by atoms with E-state index in [9.17, 15) is 0 Å². The molecule has 1 aromatic rings. The van der Waals surface area contributed by atoms with Gasteiger partial charge in [-0.15, -0.1) is 0 Å². The number of morpholine rings is 1. The summed E-state index contributed by atoms with van der Waals surface area (Å²) in [6.07, 6.45) is 4.51. The number of likely N-dealkylation sites (N-methyl/N-ethyl adjacent to an activating group) is 1. The molecule has 134 valence electrons. The van der Waals surface area contributed by atoms with E-state index in [1.54, 1.807) is 0 Å². The average molecular weight is 333 g/mol. The summed E-state index contributed by atoms with van der Waals surface area (Å²) in [5.74, 6) is 0. The Morgan fingerprint density at radius 2 is 2.17 bits per heavy atom. The number of aromatic nitrogens is 1. The smallest absolute Gasteiger partial charge is 0.0992 e. The molecule has 1 saturated carbocycles. The van der Waals surface area contributed by atoms with Crippen molar-refractivity contribution in [2.45, 2.75) is 51.5 Å². The molecule has 24 heavy (non-hydrogen) atoms. The molecule has 2 aliphatic rings. The lowest BCUT2D eigenvalue weighted by atomic mass is 10.1. The van der Waals surface area contributed by atoms with Crippen LogP contribution < -0.4 is 0 Å². The average Bonchev–Trinajstić information content (AvgIpc) is 3.05. The lowest BCUT2D eigenvalue weighted by Crippen LogP contribution is -2.53. The summed E-state index contributed by atoms with van der Waals surface area (Å²) < 4.78 is 12.2. The van der Waals surface area contributed by atoms with Crippen LogP contribution in [0.15, 0.2) is 24.4 Å². The van der Waals surface area contributed by atoms with Crippen molar-refractivity contribution in [1.82, 2.24) is 14.8 Å². The summed E-state index contributed by atoms with van der Waals surface area (Å²) in [6.45, 7) is 11.5. The molecule has 1 saturated heterocycles. The highest BCUT2D eigenvalue weighted by molar-refractivity contribution is 5.03. The zero-order valence-electron chi connectivity index (χ0n) is 15.1. The van der Waals surface area contributed by atoms with Crippen molar-refractivity contribution in [2.24, 2.45) is 0 Å². The molecule has 0 spiro atoms. The number of nitrogens with zero attached hydrogens (tertiary/aromatic N) is 3. The van der Waals surface area contributed by atoms with Crippen LogP contribution in [-0.4, -0.2) is 72.4 Å². The van der Waals surface area contributed by atoms with Gasteiger partial charge < -0.3 is 14.4 Å². The molecule has 3 rings (SSSR count). The van der Waals surface area contributed by atoms with Crippen molar-refractivity contribution in [3.63, 3.8) is 0 Å². The molecule has 5 nitrogen and oxygen atoms in total. The number of pyridine rings is 1. The molecule has 2 fully saturated rings. The highest BCUT2D eigenvalue weighted by Crippen LogP contribution is 2.32. The third-order valence-corrected chi connectivity index (χ3v) is 5.42. The Hall–Kier alpha value is -1.01. The van der Waals surface area contributed by atoms with Crippen LogP contribution in [0.1, 0.15) is 32.4 Å². The summed E-state index contributed by atoms with van der Waals surface area (Å²) >= 11 is 0. The van der Waals surface area contributed by atoms with Crippen molar-refractivity contribution in [2.75, 3.05) is 39.3 Å². The second-order valence-corrected chi connectivity index (χ2v) is 6.71. The molecule has 0 N–H and O–H groups in total. The third kappa shape index (κ3) is 4.33. The summed E-state index contributed by atoms with van der Waals surface area (Å²) in [7, 11) is 0. The summed E-state index contributed by atoms with van der Waals surface area (Å²) in [4.78, 5) is 9.46. The Kier molecular flexibility index (Phi) is 6.60. The van der Waals surface area contributed by atoms with Crippen LogP contribution in [0.25, 0.3) is 0 Å². The Morgan fingerprint density at radius 3 is 2.92 bits per heavy atom. The number of ether oxygens (including phenoxy) is 2. The number of rotatable bonds is 8. The second kappa shape index (κ2) is 8.90. The normalized spacial score (nSPS) is 27.5. The number of fused-ring (bicyclic) bond motifs is 1. The van der Waals surface area contributed by atoms with E-state index in [4.69, 9.17) is 9.47 Å². The van der Waals surface area contributed by atoms with Gasteiger partial charge in [-0.05, 0) is 38.1 Å². The van der Waals surface area contributed by atoms with Crippen LogP contribution >= 0.6 is 0 Å². The van der Waals surface area contributed by atoms with Gasteiger partial charge in [0.15, 0.2) is 0 Å². The number of hydrogen-bond donors (Lipinski definition) is 0. The maximum absolute atomic E-state index is 6.15. The summed E-state index contributed by atoms with van der Waals surface area (Å²) in [5, 5.41) is 0. The van der Waals surface area contributed by atoms with E-state index in [-0.39, 0.29) is 12.2 Å². The van der Waals surface area contributed by atoms with Crippen LogP contribution in [0.3, 0.4) is 0 Å². The SMILES string of the molecule is CCN(CC)CCN1CCO[C@@H]2[C@@H](OCc3ccccn3)CC[C@H]21. The topological polar surface area (TPSA) is 37.8 Å². The predicted molar refractivity (Wildman–Crippen MR) is 94.9 cm³/mol. The fourth-order valence-corrected chi connectivity index (χ4v) is 3.93. The van der Waals surface area contributed by atoms with Gasteiger partial charge in [0.2, 0.25) is 0 Å². The maximum atomic E-state index is 6.15. The van der Waals surface area contributed by atoms with E-state index in [1.165, 1.54) is 6.42 Å². The first-order chi connectivity index (χ1) is 11.8. The lowest BCUT2D eigenvalue weighted by Gasteiger charge is -2.39. The molecule has 1 aromatic heterocycles. The van der Waals surface area contributed by atoms with Crippen molar-refractivity contribution in [3.05, 3.63) is 30.1 Å². The van der Waals surface area contributed by atoms with Gasteiger partial charge in [0.25, 0.3) is 0 Å².